The molecule has 46 valence electrons. The van der Waals surface area contributed by atoms with Gasteiger partial charge in [-0.1, -0.05) is 0 Å². The second-order valence-electron chi connectivity index (χ2n) is 1.23. The molecule has 0 heterocycles. The molecule has 0 spiro atoms. The van der Waals surface area contributed by atoms with Crippen molar-refractivity contribution in [2.24, 2.45) is 5.10 Å². The number of carboxylic acid groups (broad SMARTS) is 1. The fourth-order valence-electron chi connectivity index (χ4n) is 0.216. The van der Waals surface area contributed by atoms with Crippen LogP contribution in [0.2, 0.25) is 0 Å². The van der Waals surface area contributed by atoms with Crippen molar-refractivity contribution in [3.8, 4) is 0 Å². The molecule has 4 nitrogen and oxygen atoms in total. The summed E-state index contributed by atoms with van der Waals surface area (Å²) in [6, 6.07) is 0. The van der Waals surface area contributed by atoms with Gasteiger partial charge in [-0.05, 0) is 6.92 Å². The molecule has 0 fully saturated rings. The standard InChI is InChI=1S/C4H8N2O2.Na/c1-3(4(7)8)6-5-2;/h5H,1-2H3,(H,7,8);/q;+1/b6-3-;. The summed E-state index contributed by atoms with van der Waals surface area (Å²) in [5, 5.41) is 11.5. The van der Waals surface area contributed by atoms with Crippen LogP contribution >= 0.6 is 0 Å². The topological polar surface area (TPSA) is 61.7 Å². The van der Waals surface area contributed by atoms with Crippen molar-refractivity contribution in [3.05, 3.63) is 0 Å². The van der Waals surface area contributed by atoms with Crippen molar-refractivity contribution in [1.82, 2.24) is 5.43 Å². The van der Waals surface area contributed by atoms with Gasteiger partial charge in [-0.25, -0.2) is 4.79 Å². The average molecular weight is 139 g/mol. The van der Waals surface area contributed by atoms with Gasteiger partial charge in [0.2, 0.25) is 0 Å². The zero-order valence-electron chi connectivity index (χ0n) is 5.80. The molecule has 5 heteroatoms. The Kier molecular flexibility index (Phi) is 7.89. The van der Waals surface area contributed by atoms with E-state index in [0.29, 0.717) is 0 Å². The predicted octanol–water partition coefficient (Wildman–Crippen LogP) is -3.33. The molecule has 0 amide bonds. The van der Waals surface area contributed by atoms with Crippen molar-refractivity contribution in [2.75, 3.05) is 7.05 Å². The third-order valence-electron chi connectivity index (χ3n) is 0.589. The molecule has 9 heavy (non-hydrogen) atoms. The minimum absolute atomic E-state index is 0. The van der Waals surface area contributed by atoms with Gasteiger partial charge < -0.3 is 10.5 Å². The van der Waals surface area contributed by atoms with E-state index in [1.165, 1.54) is 6.92 Å². The van der Waals surface area contributed by atoms with Crippen LogP contribution in [0, 0.1) is 0 Å². The zero-order valence-corrected chi connectivity index (χ0v) is 7.80. The van der Waals surface area contributed by atoms with Crippen LogP contribution in [-0.2, 0) is 4.79 Å². The van der Waals surface area contributed by atoms with Gasteiger partial charge in [0.05, 0.1) is 0 Å². The van der Waals surface area contributed by atoms with E-state index in [1.807, 2.05) is 0 Å². The number of hydrazone groups is 1. The Labute approximate surface area is 75.6 Å². The van der Waals surface area contributed by atoms with Crippen LogP contribution in [0.25, 0.3) is 0 Å². The summed E-state index contributed by atoms with van der Waals surface area (Å²) in [5.74, 6) is -1.00. The molecule has 0 aliphatic rings. The summed E-state index contributed by atoms with van der Waals surface area (Å²) >= 11 is 0. The van der Waals surface area contributed by atoms with Crippen LogP contribution in [0.1, 0.15) is 6.92 Å². The second kappa shape index (κ2) is 6.07. The minimum atomic E-state index is -1.00. The van der Waals surface area contributed by atoms with Crippen LogP contribution in [-0.4, -0.2) is 23.8 Å². The molecule has 0 aromatic heterocycles. The summed E-state index contributed by atoms with van der Waals surface area (Å²) < 4.78 is 0. The smallest absolute Gasteiger partial charge is 0.477 e. The maximum absolute atomic E-state index is 9.92. The zero-order chi connectivity index (χ0) is 6.57. The first-order valence-electron chi connectivity index (χ1n) is 2.12. The van der Waals surface area contributed by atoms with E-state index in [2.05, 4.69) is 10.5 Å². The third-order valence-corrected chi connectivity index (χ3v) is 0.589. The largest absolute Gasteiger partial charge is 1.00 e. The summed E-state index contributed by atoms with van der Waals surface area (Å²) in [7, 11) is 1.55. The van der Waals surface area contributed by atoms with Crippen LogP contribution in [0.3, 0.4) is 0 Å². The number of hydrogen-bond donors (Lipinski definition) is 2. The van der Waals surface area contributed by atoms with Gasteiger partial charge in [0, 0.05) is 7.05 Å². The second-order valence-corrected chi connectivity index (χ2v) is 1.23. The Morgan fingerprint density at radius 2 is 2.11 bits per heavy atom. The molecule has 0 rings (SSSR count). The summed E-state index contributed by atoms with van der Waals surface area (Å²) in [6.45, 7) is 1.42. The van der Waals surface area contributed by atoms with Gasteiger partial charge in [0.1, 0.15) is 5.71 Å². The fourth-order valence-corrected chi connectivity index (χ4v) is 0.216. The monoisotopic (exact) mass is 139 g/mol. The first kappa shape index (κ1) is 11.7. The molecule has 0 aliphatic carbocycles. The molecule has 0 aromatic carbocycles. The summed E-state index contributed by atoms with van der Waals surface area (Å²) in [5.41, 5.74) is 2.42. The summed E-state index contributed by atoms with van der Waals surface area (Å²) in [4.78, 5) is 9.92. The van der Waals surface area contributed by atoms with E-state index < -0.39 is 5.97 Å². The maximum atomic E-state index is 9.92. The normalized spacial score (nSPS) is 9.78. The van der Waals surface area contributed by atoms with Crippen molar-refractivity contribution >= 4 is 11.7 Å². The van der Waals surface area contributed by atoms with Crippen LogP contribution < -0.4 is 35.0 Å². The molecule has 2 N–H and O–H groups in total. The van der Waals surface area contributed by atoms with E-state index in [0.717, 1.165) is 0 Å². The predicted molar refractivity (Wildman–Crippen MR) is 29.8 cm³/mol. The van der Waals surface area contributed by atoms with Crippen molar-refractivity contribution in [3.63, 3.8) is 0 Å². The minimum Gasteiger partial charge on any atom is -0.477 e. The SMILES string of the molecule is CN/N=C(/C)C(=O)O.[Na+]. The van der Waals surface area contributed by atoms with E-state index in [4.69, 9.17) is 5.11 Å². The first-order valence-corrected chi connectivity index (χ1v) is 2.12. The number of nitrogens with one attached hydrogen (secondary N) is 1. The van der Waals surface area contributed by atoms with Crippen molar-refractivity contribution < 1.29 is 39.5 Å². The molecule has 0 aliphatic heterocycles. The Bertz CT molecular complexity index is 124. The molecule has 0 saturated carbocycles. The van der Waals surface area contributed by atoms with E-state index in [9.17, 15) is 4.79 Å². The number of nitrogens with zero attached hydrogens (tertiary/aromatic N) is 1. The Morgan fingerprint density at radius 3 is 2.22 bits per heavy atom. The number of rotatable bonds is 2. The molecule has 0 aromatic rings. The average Bonchev–Trinajstić information content (AvgIpc) is 1.67. The first-order chi connectivity index (χ1) is 3.68. The van der Waals surface area contributed by atoms with E-state index >= 15 is 0 Å². The van der Waals surface area contributed by atoms with Gasteiger partial charge in [-0.15, -0.1) is 0 Å². The Hall–Kier alpha value is -0.0600. The molecular formula is C4H8N2NaO2+. The Balaban J connectivity index is 0. The van der Waals surface area contributed by atoms with Gasteiger partial charge >= 0.3 is 35.5 Å². The molecule has 0 radical (unpaired) electrons. The van der Waals surface area contributed by atoms with Gasteiger partial charge in [-0.2, -0.15) is 5.10 Å². The molecular weight excluding hydrogens is 131 g/mol. The third kappa shape index (κ3) is 5.82. The van der Waals surface area contributed by atoms with E-state index in [1.54, 1.807) is 7.05 Å². The quantitative estimate of drug-likeness (QED) is 0.239. The number of hydrogen-bond acceptors (Lipinski definition) is 3. The molecule has 0 unspecified atom stereocenters. The van der Waals surface area contributed by atoms with Crippen LogP contribution in [0.4, 0.5) is 0 Å². The molecule has 0 bridgehead atoms. The fraction of sp³-hybridized carbons (Fsp3) is 0.500. The van der Waals surface area contributed by atoms with Gasteiger partial charge in [-0.3, -0.25) is 0 Å². The maximum Gasteiger partial charge on any atom is 1.00 e. The Morgan fingerprint density at radius 1 is 1.67 bits per heavy atom. The van der Waals surface area contributed by atoms with Crippen molar-refractivity contribution in [1.29, 1.82) is 0 Å². The number of aliphatic carboxylic acids is 1. The van der Waals surface area contributed by atoms with E-state index in [-0.39, 0.29) is 35.3 Å². The summed E-state index contributed by atoms with van der Waals surface area (Å²) in [6.07, 6.45) is 0. The molecule has 0 atom stereocenters. The van der Waals surface area contributed by atoms with Crippen LogP contribution in [0.15, 0.2) is 5.10 Å². The number of carboxylic acids is 1. The van der Waals surface area contributed by atoms with Gasteiger partial charge in [0.15, 0.2) is 0 Å². The van der Waals surface area contributed by atoms with Gasteiger partial charge in [0.25, 0.3) is 0 Å². The molecule has 0 saturated heterocycles. The number of carbonyl (C=O) groups is 1. The van der Waals surface area contributed by atoms with Crippen molar-refractivity contribution in [2.45, 2.75) is 6.92 Å². The van der Waals surface area contributed by atoms with Crippen LogP contribution in [0.5, 0.6) is 0 Å².